The van der Waals surface area contributed by atoms with E-state index < -0.39 is 5.82 Å². The Hall–Kier alpha value is -1.96. The van der Waals surface area contributed by atoms with Gasteiger partial charge in [-0.05, 0) is 23.6 Å². The van der Waals surface area contributed by atoms with Gasteiger partial charge in [0.2, 0.25) is 11.8 Å². The fraction of sp³-hybridized carbons (Fsp3) is 0. The monoisotopic (exact) mass is 310 g/mol. The molecule has 3 aromatic rings. The van der Waals surface area contributed by atoms with Crippen LogP contribution in [0, 0.1) is 5.82 Å². The summed E-state index contributed by atoms with van der Waals surface area (Å²) >= 11 is 7.12. The molecular formula is C12H8ClFN4OS. The third-order valence-electron chi connectivity index (χ3n) is 2.54. The molecule has 0 atom stereocenters. The summed E-state index contributed by atoms with van der Waals surface area (Å²) in [5.41, 5.74) is 2.35. The molecule has 0 radical (unpaired) electrons. The summed E-state index contributed by atoms with van der Waals surface area (Å²) in [5, 5.41) is 2.49. The van der Waals surface area contributed by atoms with Crippen LogP contribution in [-0.2, 0) is 0 Å². The highest BCUT2D eigenvalue weighted by Crippen LogP contribution is 2.33. The molecule has 102 valence electrons. The van der Waals surface area contributed by atoms with Crippen molar-refractivity contribution in [2.75, 3.05) is 5.43 Å². The van der Waals surface area contributed by atoms with Gasteiger partial charge in [-0.2, -0.15) is 4.98 Å². The van der Waals surface area contributed by atoms with Crippen LogP contribution in [0.15, 0.2) is 29.6 Å². The van der Waals surface area contributed by atoms with Crippen LogP contribution in [0.25, 0.3) is 10.2 Å². The molecule has 1 aromatic carbocycles. The topological polar surface area (TPSA) is 73.1 Å². The number of hydrogen-bond acceptors (Lipinski definition) is 6. The van der Waals surface area contributed by atoms with E-state index in [0.29, 0.717) is 10.2 Å². The first-order chi connectivity index (χ1) is 9.69. The summed E-state index contributed by atoms with van der Waals surface area (Å²) < 4.78 is 19.4. The number of thiophene rings is 1. The van der Waals surface area contributed by atoms with Crippen LogP contribution in [0.3, 0.4) is 0 Å². The van der Waals surface area contributed by atoms with Crippen molar-refractivity contribution in [1.29, 1.82) is 0 Å². The summed E-state index contributed by atoms with van der Waals surface area (Å²) in [6, 6.07) is 6.29. The van der Waals surface area contributed by atoms with Gasteiger partial charge in [-0.15, -0.1) is 11.3 Å². The van der Waals surface area contributed by atoms with E-state index >= 15 is 0 Å². The van der Waals surface area contributed by atoms with Gasteiger partial charge in [-0.25, -0.2) is 15.2 Å². The van der Waals surface area contributed by atoms with Gasteiger partial charge in [-0.3, -0.25) is 5.43 Å². The smallest absolute Gasteiger partial charge is 0.241 e. The number of aromatic nitrogens is 2. The second kappa shape index (κ2) is 5.20. The minimum atomic E-state index is -0.640. The number of nitrogens with two attached hydrogens (primary N) is 1. The number of nitrogens with zero attached hydrogens (tertiary/aromatic N) is 2. The van der Waals surface area contributed by atoms with E-state index in [1.54, 1.807) is 12.1 Å². The van der Waals surface area contributed by atoms with Gasteiger partial charge >= 0.3 is 0 Å². The zero-order chi connectivity index (χ0) is 14.1. The minimum Gasteiger partial charge on any atom is -0.435 e. The van der Waals surface area contributed by atoms with Crippen molar-refractivity contribution in [3.8, 4) is 11.6 Å². The number of nitrogens with one attached hydrogen (secondary N) is 1. The largest absolute Gasteiger partial charge is 0.435 e. The van der Waals surface area contributed by atoms with Crippen molar-refractivity contribution in [1.82, 2.24) is 9.97 Å². The Morgan fingerprint density at radius 3 is 2.95 bits per heavy atom. The number of hydrazine groups is 1. The molecule has 0 saturated heterocycles. The summed E-state index contributed by atoms with van der Waals surface area (Å²) in [4.78, 5) is 8.94. The number of anilines is 1. The van der Waals surface area contributed by atoms with Crippen molar-refractivity contribution < 1.29 is 9.13 Å². The lowest BCUT2D eigenvalue weighted by Crippen LogP contribution is -2.10. The third-order valence-corrected chi connectivity index (χ3v) is 3.64. The molecule has 3 N–H and O–H groups in total. The van der Waals surface area contributed by atoms with Crippen LogP contribution in [0.4, 0.5) is 10.3 Å². The van der Waals surface area contributed by atoms with Gasteiger partial charge in [0.25, 0.3) is 0 Å². The second-order valence-corrected chi connectivity index (χ2v) is 5.09. The average molecular weight is 311 g/mol. The predicted octanol–water partition coefficient (Wildman–Crippen LogP) is 3.56. The van der Waals surface area contributed by atoms with Crippen molar-refractivity contribution in [2.24, 2.45) is 5.84 Å². The molecule has 0 amide bonds. The third kappa shape index (κ3) is 2.26. The molecule has 5 nitrogen and oxygen atoms in total. The highest BCUT2D eigenvalue weighted by atomic mass is 35.5. The number of nitrogen functional groups attached to an aromatic ring is 1. The van der Waals surface area contributed by atoms with Crippen LogP contribution in [0.5, 0.6) is 11.6 Å². The SMILES string of the molecule is NNc1nc(Oc2cccc(Cl)c2F)c2ccsc2n1. The highest BCUT2D eigenvalue weighted by molar-refractivity contribution is 7.16. The molecule has 2 heterocycles. The van der Waals surface area contributed by atoms with E-state index in [0.717, 1.165) is 0 Å². The minimum absolute atomic E-state index is 0.00771. The molecule has 20 heavy (non-hydrogen) atoms. The zero-order valence-electron chi connectivity index (χ0n) is 9.93. The summed E-state index contributed by atoms with van der Waals surface area (Å²) in [6.07, 6.45) is 0. The first kappa shape index (κ1) is 13.0. The molecule has 0 aliphatic heterocycles. The average Bonchev–Trinajstić information content (AvgIpc) is 2.92. The first-order valence-corrected chi connectivity index (χ1v) is 6.78. The maximum absolute atomic E-state index is 13.9. The number of halogens is 2. The molecule has 0 spiro atoms. The molecular weight excluding hydrogens is 303 g/mol. The van der Waals surface area contributed by atoms with E-state index in [1.807, 2.05) is 5.38 Å². The lowest BCUT2D eigenvalue weighted by atomic mass is 10.3. The maximum atomic E-state index is 13.9. The van der Waals surface area contributed by atoms with Crippen molar-refractivity contribution in [3.63, 3.8) is 0 Å². The Bertz CT molecular complexity index is 779. The van der Waals surface area contributed by atoms with Crippen LogP contribution < -0.4 is 16.0 Å². The van der Waals surface area contributed by atoms with Gasteiger partial charge < -0.3 is 4.74 Å². The van der Waals surface area contributed by atoms with Crippen LogP contribution in [0.1, 0.15) is 0 Å². The molecule has 0 aliphatic carbocycles. The van der Waals surface area contributed by atoms with Gasteiger partial charge in [0, 0.05) is 0 Å². The summed E-state index contributed by atoms with van der Waals surface area (Å²) in [5.74, 6) is 5.06. The number of benzene rings is 1. The van der Waals surface area contributed by atoms with E-state index in [-0.39, 0.29) is 22.6 Å². The number of ether oxygens (including phenoxy) is 1. The molecule has 0 bridgehead atoms. The zero-order valence-corrected chi connectivity index (χ0v) is 11.5. The Labute approximate surface area is 122 Å². The summed E-state index contributed by atoms with van der Waals surface area (Å²) in [6.45, 7) is 0. The maximum Gasteiger partial charge on any atom is 0.241 e. The quantitative estimate of drug-likeness (QED) is 0.571. The number of hydrogen-bond donors (Lipinski definition) is 2. The van der Waals surface area contributed by atoms with Crippen LogP contribution in [-0.4, -0.2) is 9.97 Å². The number of rotatable bonds is 3. The lowest BCUT2D eigenvalue weighted by molar-refractivity contribution is 0.432. The standard InChI is InChI=1S/C12H8ClFN4OS/c13-7-2-1-3-8(9(7)14)19-10-6-4-5-20-11(6)17-12(16-10)18-15/h1-5H,15H2,(H,16,17,18). The summed E-state index contributed by atoms with van der Waals surface area (Å²) in [7, 11) is 0. The molecule has 8 heteroatoms. The Morgan fingerprint density at radius 2 is 2.15 bits per heavy atom. The molecule has 0 fully saturated rings. The Morgan fingerprint density at radius 1 is 1.30 bits per heavy atom. The highest BCUT2D eigenvalue weighted by Gasteiger charge is 2.14. The van der Waals surface area contributed by atoms with E-state index in [9.17, 15) is 4.39 Å². The molecule has 2 aromatic heterocycles. The van der Waals surface area contributed by atoms with Crippen molar-refractivity contribution in [3.05, 3.63) is 40.5 Å². The van der Waals surface area contributed by atoms with Crippen molar-refractivity contribution >= 4 is 39.1 Å². The van der Waals surface area contributed by atoms with Crippen molar-refractivity contribution in [2.45, 2.75) is 0 Å². The predicted molar refractivity (Wildman–Crippen MR) is 76.7 cm³/mol. The van der Waals surface area contributed by atoms with E-state index in [4.69, 9.17) is 22.2 Å². The second-order valence-electron chi connectivity index (χ2n) is 3.79. The Balaban J connectivity index is 2.10. The lowest BCUT2D eigenvalue weighted by Gasteiger charge is -2.08. The normalized spacial score (nSPS) is 10.8. The first-order valence-electron chi connectivity index (χ1n) is 5.53. The van der Waals surface area contributed by atoms with Gasteiger partial charge in [0.05, 0.1) is 10.4 Å². The van der Waals surface area contributed by atoms with E-state index in [2.05, 4.69) is 15.4 Å². The number of fused-ring (bicyclic) bond motifs is 1. The van der Waals surface area contributed by atoms with Gasteiger partial charge in [0.1, 0.15) is 4.83 Å². The van der Waals surface area contributed by atoms with E-state index in [1.165, 1.54) is 23.5 Å². The van der Waals surface area contributed by atoms with Crippen LogP contribution >= 0.6 is 22.9 Å². The van der Waals surface area contributed by atoms with Gasteiger partial charge in [-0.1, -0.05) is 17.7 Å². The molecule has 0 aliphatic rings. The molecule has 3 rings (SSSR count). The fourth-order valence-electron chi connectivity index (χ4n) is 1.64. The Kier molecular flexibility index (Phi) is 3.39. The molecule has 0 saturated carbocycles. The fourth-order valence-corrected chi connectivity index (χ4v) is 2.56. The van der Waals surface area contributed by atoms with Crippen LogP contribution in [0.2, 0.25) is 5.02 Å². The molecule has 0 unspecified atom stereocenters. The van der Waals surface area contributed by atoms with Gasteiger partial charge in [0.15, 0.2) is 11.6 Å².